The average Bonchev–Trinajstić information content (AvgIpc) is 2.38. The Morgan fingerprint density at radius 1 is 1.35 bits per heavy atom. The number of benzene rings is 1. The number of sulfonamides is 1. The number of nitrogens with two attached hydrogens (primary N) is 1. The van der Waals surface area contributed by atoms with E-state index in [1.807, 2.05) is 44.2 Å². The highest BCUT2D eigenvalue weighted by Crippen LogP contribution is 2.18. The Bertz CT molecular complexity index is 529. The minimum absolute atomic E-state index is 0.0631. The standard InChI is InChI=1S/C14H22N2O2S2/c1-3-9-16(10-14(15)19)20(17,18)11-12(2)13-7-5-4-6-8-13/h4-8,12H,3,9-11H2,1-2H3,(H2,15,19). The summed E-state index contributed by atoms with van der Waals surface area (Å²) in [5.74, 6) is 0.00602. The summed E-state index contributed by atoms with van der Waals surface area (Å²) in [6, 6.07) is 9.63. The van der Waals surface area contributed by atoms with Gasteiger partial charge in [0.25, 0.3) is 0 Å². The lowest BCUT2D eigenvalue weighted by Crippen LogP contribution is -2.40. The van der Waals surface area contributed by atoms with E-state index in [9.17, 15) is 8.42 Å². The Morgan fingerprint density at radius 3 is 2.45 bits per heavy atom. The van der Waals surface area contributed by atoms with Crippen LogP contribution in [0.1, 0.15) is 31.7 Å². The van der Waals surface area contributed by atoms with Crippen molar-refractivity contribution >= 4 is 27.2 Å². The van der Waals surface area contributed by atoms with Crippen molar-refractivity contribution in [3.8, 4) is 0 Å². The van der Waals surface area contributed by atoms with Gasteiger partial charge in [-0.3, -0.25) is 0 Å². The zero-order chi connectivity index (χ0) is 15.2. The molecule has 1 aromatic rings. The monoisotopic (exact) mass is 314 g/mol. The Kier molecular flexibility index (Phi) is 6.58. The molecule has 1 rings (SSSR count). The molecular formula is C14H22N2O2S2. The number of hydrogen-bond acceptors (Lipinski definition) is 3. The summed E-state index contributed by atoms with van der Waals surface area (Å²) in [4.78, 5) is 0.203. The van der Waals surface area contributed by atoms with Gasteiger partial charge in [-0.25, -0.2) is 8.42 Å². The van der Waals surface area contributed by atoms with Crippen LogP contribution in [0.3, 0.4) is 0 Å². The van der Waals surface area contributed by atoms with Crippen LogP contribution in [0.25, 0.3) is 0 Å². The van der Waals surface area contributed by atoms with Gasteiger partial charge in [0.2, 0.25) is 10.0 Å². The summed E-state index contributed by atoms with van der Waals surface area (Å²) in [6.45, 7) is 4.41. The van der Waals surface area contributed by atoms with Crippen LogP contribution in [-0.2, 0) is 10.0 Å². The maximum atomic E-state index is 12.5. The second-order valence-corrected chi connectivity index (χ2v) is 7.43. The molecule has 1 unspecified atom stereocenters. The van der Waals surface area contributed by atoms with Crippen LogP contribution in [0.2, 0.25) is 0 Å². The summed E-state index contributed by atoms with van der Waals surface area (Å²) in [7, 11) is -3.36. The van der Waals surface area contributed by atoms with Crippen LogP contribution in [0.5, 0.6) is 0 Å². The molecule has 0 aliphatic carbocycles. The van der Waals surface area contributed by atoms with E-state index in [4.69, 9.17) is 18.0 Å². The van der Waals surface area contributed by atoms with Gasteiger partial charge in [-0.15, -0.1) is 0 Å². The maximum absolute atomic E-state index is 12.5. The van der Waals surface area contributed by atoms with Crippen molar-refractivity contribution < 1.29 is 8.42 Å². The first-order valence-electron chi connectivity index (χ1n) is 6.68. The zero-order valence-corrected chi connectivity index (χ0v) is 13.6. The van der Waals surface area contributed by atoms with Crippen molar-refractivity contribution in [1.82, 2.24) is 4.31 Å². The van der Waals surface area contributed by atoms with E-state index in [-0.39, 0.29) is 23.2 Å². The lowest BCUT2D eigenvalue weighted by atomic mass is 10.0. The third kappa shape index (κ3) is 5.19. The average molecular weight is 314 g/mol. The molecule has 0 saturated carbocycles. The first-order valence-corrected chi connectivity index (χ1v) is 8.69. The van der Waals surface area contributed by atoms with Gasteiger partial charge in [0.15, 0.2) is 0 Å². The molecule has 112 valence electrons. The van der Waals surface area contributed by atoms with Crippen LogP contribution in [-0.4, -0.2) is 36.6 Å². The molecule has 0 fully saturated rings. The third-order valence-electron chi connectivity index (χ3n) is 3.03. The summed E-state index contributed by atoms with van der Waals surface area (Å²) >= 11 is 4.83. The SMILES string of the molecule is CCCN(CC(N)=S)S(=O)(=O)CC(C)c1ccccc1. The molecule has 1 atom stereocenters. The number of hydrogen-bond donors (Lipinski definition) is 1. The predicted octanol–water partition coefficient (Wildman–Crippen LogP) is 2.12. The Labute approximate surface area is 127 Å². The van der Waals surface area contributed by atoms with Crippen molar-refractivity contribution in [1.29, 1.82) is 0 Å². The summed E-state index contributed by atoms with van der Waals surface area (Å²) in [5, 5.41) is 0. The van der Waals surface area contributed by atoms with Gasteiger partial charge in [0, 0.05) is 6.54 Å². The Balaban J connectivity index is 2.83. The second kappa shape index (κ2) is 7.71. The molecular weight excluding hydrogens is 292 g/mol. The van der Waals surface area contributed by atoms with Gasteiger partial charge in [-0.1, -0.05) is 56.4 Å². The smallest absolute Gasteiger partial charge is 0.215 e. The molecule has 0 aromatic heterocycles. The van der Waals surface area contributed by atoms with Crippen molar-refractivity contribution in [2.45, 2.75) is 26.2 Å². The largest absolute Gasteiger partial charge is 0.392 e. The molecule has 0 radical (unpaired) electrons. The molecule has 0 spiro atoms. The van der Waals surface area contributed by atoms with Crippen LogP contribution in [0.15, 0.2) is 30.3 Å². The van der Waals surface area contributed by atoms with E-state index in [1.165, 1.54) is 4.31 Å². The molecule has 1 aromatic carbocycles. The van der Waals surface area contributed by atoms with Crippen molar-refractivity contribution in [2.75, 3.05) is 18.8 Å². The van der Waals surface area contributed by atoms with Gasteiger partial charge in [-0.2, -0.15) is 4.31 Å². The topological polar surface area (TPSA) is 63.4 Å². The fraction of sp³-hybridized carbons (Fsp3) is 0.500. The fourth-order valence-electron chi connectivity index (χ4n) is 2.04. The highest BCUT2D eigenvalue weighted by molar-refractivity contribution is 7.89. The molecule has 0 heterocycles. The first-order chi connectivity index (χ1) is 9.36. The minimum Gasteiger partial charge on any atom is -0.392 e. The minimum atomic E-state index is -3.36. The van der Waals surface area contributed by atoms with Crippen LogP contribution in [0, 0.1) is 0 Å². The van der Waals surface area contributed by atoms with Crippen LogP contribution < -0.4 is 5.73 Å². The highest BCUT2D eigenvalue weighted by Gasteiger charge is 2.24. The Morgan fingerprint density at radius 2 is 1.95 bits per heavy atom. The second-order valence-electron chi connectivity index (χ2n) is 4.89. The van der Waals surface area contributed by atoms with Gasteiger partial charge in [0.1, 0.15) is 0 Å². The third-order valence-corrected chi connectivity index (χ3v) is 5.18. The molecule has 2 N–H and O–H groups in total. The molecule has 4 nitrogen and oxygen atoms in total. The first kappa shape index (κ1) is 17.1. The Hall–Kier alpha value is -0.980. The molecule has 0 bridgehead atoms. The van der Waals surface area contributed by atoms with Crippen LogP contribution >= 0.6 is 12.2 Å². The molecule has 0 aliphatic rings. The molecule has 6 heteroatoms. The van der Waals surface area contributed by atoms with E-state index in [2.05, 4.69) is 0 Å². The maximum Gasteiger partial charge on any atom is 0.215 e. The van der Waals surface area contributed by atoms with E-state index in [0.717, 1.165) is 12.0 Å². The fourth-order valence-corrected chi connectivity index (χ4v) is 4.11. The van der Waals surface area contributed by atoms with E-state index >= 15 is 0 Å². The number of nitrogens with zero attached hydrogens (tertiary/aromatic N) is 1. The van der Waals surface area contributed by atoms with Crippen molar-refractivity contribution in [2.24, 2.45) is 5.73 Å². The van der Waals surface area contributed by atoms with E-state index in [1.54, 1.807) is 0 Å². The lowest BCUT2D eigenvalue weighted by molar-refractivity contribution is 0.447. The number of rotatable bonds is 8. The van der Waals surface area contributed by atoms with E-state index < -0.39 is 10.0 Å². The predicted molar refractivity (Wildman–Crippen MR) is 87.3 cm³/mol. The molecule has 0 saturated heterocycles. The molecule has 0 amide bonds. The molecule has 20 heavy (non-hydrogen) atoms. The van der Waals surface area contributed by atoms with Gasteiger partial charge in [0.05, 0.1) is 17.3 Å². The summed E-state index contributed by atoms with van der Waals surface area (Å²) in [6.07, 6.45) is 0.738. The lowest BCUT2D eigenvalue weighted by Gasteiger charge is -2.23. The van der Waals surface area contributed by atoms with E-state index in [0.29, 0.717) is 6.54 Å². The molecule has 0 aliphatic heterocycles. The van der Waals surface area contributed by atoms with Crippen LogP contribution in [0.4, 0.5) is 0 Å². The summed E-state index contributed by atoms with van der Waals surface area (Å²) < 4.78 is 26.3. The van der Waals surface area contributed by atoms with Gasteiger partial charge >= 0.3 is 0 Å². The van der Waals surface area contributed by atoms with Crippen molar-refractivity contribution in [3.05, 3.63) is 35.9 Å². The highest BCUT2D eigenvalue weighted by atomic mass is 32.2. The quantitative estimate of drug-likeness (QED) is 0.747. The zero-order valence-electron chi connectivity index (χ0n) is 12.0. The summed E-state index contributed by atoms with van der Waals surface area (Å²) in [5.41, 5.74) is 6.50. The van der Waals surface area contributed by atoms with Gasteiger partial charge in [-0.05, 0) is 17.9 Å². The normalized spacial score (nSPS) is 13.3. The van der Waals surface area contributed by atoms with Gasteiger partial charge < -0.3 is 5.73 Å². The van der Waals surface area contributed by atoms with Crippen molar-refractivity contribution in [3.63, 3.8) is 0 Å². The number of thiocarbonyl (C=S) groups is 1.